The summed E-state index contributed by atoms with van der Waals surface area (Å²) < 4.78 is 0. The van der Waals surface area contributed by atoms with Crippen LogP contribution in [0.25, 0.3) is 11.0 Å². The number of aromatic nitrogens is 2. The molecule has 0 spiro atoms. The van der Waals surface area contributed by atoms with Gasteiger partial charge >= 0.3 is 0 Å². The van der Waals surface area contributed by atoms with Gasteiger partial charge in [-0.15, -0.1) is 0 Å². The predicted octanol–water partition coefficient (Wildman–Crippen LogP) is 1.87. The van der Waals surface area contributed by atoms with Crippen molar-refractivity contribution in [2.75, 3.05) is 6.54 Å². The number of para-hydroxylation sites is 2. The van der Waals surface area contributed by atoms with Crippen LogP contribution in [0.3, 0.4) is 0 Å². The van der Waals surface area contributed by atoms with Crippen LogP contribution in [-0.4, -0.2) is 58.0 Å². The molecule has 11 nitrogen and oxygen atoms in total. The largest absolute Gasteiger partial charge is 0.356 e. The number of amides is 4. The second-order valence-corrected chi connectivity index (χ2v) is 10.6. The van der Waals surface area contributed by atoms with Crippen molar-refractivity contribution in [3.05, 3.63) is 108 Å². The van der Waals surface area contributed by atoms with E-state index in [0.717, 1.165) is 11.1 Å². The third kappa shape index (κ3) is 7.68. The van der Waals surface area contributed by atoms with Crippen molar-refractivity contribution in [1.82, 2.24) is 31.2 Å². The number of benzene rings is 3. The fourth-order valence-corrected chi connectivity index (χ4v) is 5.04. The standard InChI is InChI=1S/C33H32N6O5/c40-29(33(44)36-19-22-11-5-2-6-12-22)26(18-23-15-16-34-30(23)41)38-31(42)27(17-21-9-3-1-4-10-21)39-32(43)28-20-35-24-13-7-8-14-25(24)37-28/h1-14,20,23,26-27H,15-19H2,(H,34,41)(H,36,44)(H,38,42)(H,39,43)/t23-,26?,27-/m0/s1. The SMILES string of the molecule is O=C(NCc1ccccc1)C(=O)C(C[C@@H]1CCNC1=O)NC(=O)[C@H](Cc1ccccc1)NC(=O)c1cnc2ccccc2n1. The number of rotatable bonds is 12. The molecule has 0 saturated carbocycles. The second kappa shape index (κ2) is 14.1. The molecule has 224 valence electrons. The molecule has 44 heavy (non-hydrogen) atoms. The minimum atomic E-state index is -1.29. The lowest BCUT2D eigenvalue weighted by Gasteiger charge is -2.24. The maximum absolute atomic E-state index is 13.8. The number of nitrogens with one attached hydrogen (secondary N) is 4. The first-order valence-corrected chi connectivity index (χ1v) is 14.4. The van der Waals surface area contributed by atoms with Gasteiger partial charge in [0.1, 0.15) is 11.7 Å². The van der Waals surface area contributed by atoms with Gasteiger partial charge in [0, 0.05) is 25.4 Å². The van der Waals surface area contributed by atoms with E-state index in [1.54, 1.807) is 18.2 Å². The third-order valence-electron chi connectivity index (χ3n) is 7.42. The maximum atomic E-state index is 13.8. The fourth-order valence-electron chi connectivity index (χ4n) is 5.04. The summed E-state index contributed by atoms with van der Waals surface area (Å²) >= 11 is 0. The first kappa shape index (κ1) is 30.0. The van der Waals surface area contributed by atoms with Gasteiger partial charge in [-0.2, -0.15) is 0 Å². The van der Waals surface area contributed by atoms with Gasteiger partial charge in [-0.3, -0.25) is 29.0 Å². The van der Waals surface area contributed by atoms with Crippen LogP contribution in [0.1, 0.15) is 34.5 Å². The van der Waals surface area contributed by atoms with Crippen molar-refractivity contribution >= 4 is 40.4 Å². The summed E-state index contributed by atoms with van der Waals surface area (Å²) in [7, 11) is 0. The van der Waals surface area contributed by atoms with Crippen LogP contribution in [0, 0.1) is 5.92 Å². The number of carbonyl (C=O) groups excluding carboxylic acids is 5. The Hall–Kier alpha value is -5.45. The van der Waals surface area contributed by atoms with Crippen molar-refractivity contribution in [3.8, 4) is 0 Å². The van der Waals surface area contributed by atoms with Gasteiger partial charge in [-0.1, -0.05) is 72.8 Å². The van der Waals surface area contributed by atoms with Gasteiger partial charge < -0.3 is 21.3 Å². The molecule has 4 amide bonds. The van der Waals surface area contributed by atoms with E-state index in [9.17, 15) is 24.0 Å². The van der Waals surface area contributed by atoms with Crippen LogP contribution >= 0.6 is 0 Å². The summed E-state index contributed by atoms with van der Waals surface area (Å²) in [6, 6.07) is 22.8. The molecule has 3 aromatic carbocycles. The summed E-state index contributed by atoms with van der Waals surface area (Å²) in [6.45, 7) is 0.563. The van der Waals surface area contributed by atoms with Crippen LogP contribution in [-0.2, 0) is 32.1 Å². The Kier molecular flexibility index (Phi) is 9.65. The Morgan fingerprint density at radius 1 is 0.818 bits per heavy atom. The van der Waals surface area contributed by atoms with Crippen LogP contribution in [0.15, 0.2) is 91.1 Å². The van der Waals surface area contributed by atoms with Crippen LogP contribution in [0.4, 0.5) is 0 Å². The van der Waals surface area contributed by atoms with Gasteiger partial charge in [0.25, 0.3) is 11.8 Å². The molecule has 0 bridgehead atoms. The molecule has 1 fully saturated rings. The smallest absolute Gasteiger partial charge is 0.289 e. The summed E-state index contributed by atoms with van der Waals surface area (Å²) in [4.78, 5) is 74.4. The molecule has 2 heterocycles. The summed E-state index contributed by atoms with van der Waals surface area (Å²) in [5.41, 5.74) is 2.71. The Balaban J connectivity index is 1.35. The molecule has 1 aromatic heterocycles. The Labute approximate surface area is 253 Å². The van der Waals surface area contributed by atoms with Crippen LogP contribution in [0.5, 0.6) is 0 Å². The minimum Gasteiger partial charge on any atom is -0.356 e. The lowest BCUT2D eigenvalue weighted by Crippen LogP contribution is -2.55. The number of hydrogen-bond donors (Lipinski definition) is 4. The van der Waals surface area contributed by atoms with E-state index in [4.69, 9.17) is 0 Å². The van der Waals surface area contributed by atoms with Crippen molar-refractivity contribution in [2.45, 2.75) is 37.9 Å². The number of nitrogens with zero attached hydrogens (tertiary/aromatic N) is 2. The zero-order valence-corrected chi connectivity index (χ0v) is 23.9. The second-order valence-electron chi connectivity index (χ2n) is 10.6. The van der Waals surface area contributed by atoms with Crippen LogP contribution < -0.4 is 21.3 Å². The molecule has 0 aliphatic carbocycles. The lowest BCUT2D eigenvalue weighted by molar-refractivity contribution is -0.141. The van der Waals surface area contributed by atoms with E-state index < -0.39 is 41.5 Å². The van der Waals surface area contributed by atoms with Gasteiger partial charge in [0.05, 0.1) is 23.3 Å². The molecule has 11 heteroatoms. The van der Waals surface area contributed by atoms with Crippen molar-refractivity contribution < 1.29 is 24.0 Å². The molecule has 0 radical (unpaired) electrons. The summed E-state index contributed by atoms with van der Waals surface area (Å²) in [6.07, 6.45) is 1.84. The molecular formula is C33H32N6O5. The lowest BCUT2D eigenvalue weighted by atomic mass is 9.94. The average molecular weight is 593 g/mol. The molecule has 1 aliphatic rings. The van der Waals surface area contributed by atoms with E-state index in [0.29, 0.717) is 24.0 Å². The third-order valence-corrected chi connectivity index (χ3v) is 7.42. The van der Waals surface area contributed by atoms with Gasteiger partial charge in [0.15, 0.2) is 0 Å². The van der Waals surface area contributed by atoms with Gasteiger partial charge in [0.2, 0.25) is 17.6 Å². The number of fused-ring (bicyclic) bond motifs is 1. The van der Waals surface area contributed by atoms with E-state index in [2.05, 4.69) is 31.2 Å². The molecule has 4 aromatic rings. The summed E-state index contributed by atoms with van der Waals surface area (Å²) in [5.74, 6) is -3.86. The maximum Gasteiger partial charge on any atom is 0.289 e. The quantitative estimate of drug-likeness (QED) is 0.183. The number of Topliss-reactive ketones (excluding diaryl/α,β-unsaturated/α-hetero) is 1. The number of ketones is 1. The molecule has 5 rings (SSSR count). The van der Waals surface area contributed by atoms with Crippen LogP contribution in [0.2, 0.25) is 0 Å². The Morgan fingerprint density at radius 2 is 1.48 bits per heavy atom. The zero-order chi connectivity index (χ0) is 30.9. The van der Waals surface area contributed by atoms with E-state index in [1.165, 1.54) is 6.20 Å². The molecule has 4 N–H and O–H groups in total. The highest BCUT2D eigenvalue weighted by Crippen LogP contribution is 2.18. The summed E-state index contributed by atoms with van der Waals surface area (Å²) in [5, 5.41) is 10.7. The molecule has 1 unspecified atom stereocenters. The van der Waals surface area contributed by atoms with Gasteiger partial charge in [-0.25, -0.2) is 4.98 Å². The minimum absolute atomic E-state index is 0.0186. The van der Waals surface area contributed by atoms with Crippen molar-refractivity contribution in [2.24, 2.45) is 5.92 Å². The normalized spacial score (nSPS) is 15.5. The number of carbonyl (C=O) groups is 5. The monoisotopic (exact) mass is 592 g/mol. The molecule has 3 atom stereocenters. The number of hydrogen-bond acceptors (Lipinski definition) is 7. The Morgan fingerprint density at radius 3 is 2.16 bits per heavy atom. The molecular weight excluding hydrogens is 560 g/mol. The first-order valence-electron chi connectivity index (χ1n) is 14.4. The van der Waals surface area contributed by atoms with E-state index in [1.807, 2.05) is 66.7 Å². The van der Waals surface area contributed by atoms with Crippen molar-refractivity contribution in [3.63, 3.8) is 0 Å². The average Bonchev–Trinajstić information content (AvgIpc) is 3.46. The van der Waals surface area contributed by atoms with Crippen molar-refractivity contribution in [1.29, 1.82) is 0 Å². The molecule has 1 saturated heterocycles. The van der Waals surface area contributed by atoms with E-state index >= 15 is 0 Å². The van der Waals surface area contributed by atoms with E-state index in [-0.39, 0.29) is 31.0 Å². The first-order chi connectivity index (χ1) is 21.4. The Bertz CT molecular complexity index is 1660. The topological polar surface area (TPSA) is 159 Å². The molecule has 1 aliphatic heterocycles. The predicted molar refractivity (Wildman–Crippen MR) is 162 cm³/mol. The highest BCUT2D eigenvalue weighted by Gasteiger charge is 2.35. The zero-order valence-electron chi connectivity index (χ0n) is 23.9. The fraction of sp³-hybridized carbons (Fsp3) is 0.242. The van der Waals surface area contributed by atoms with Gasteiger partial charge in [-0.05, 0) is 36.1 Å². The highest BCUT2D eigenvalue weighted by molar-refractivity contribution is 6.38. The highest BCUT2D eigenvalue weighted by atomic mass is 16.2.